The number of nitrogens with one attached hydrogen (secondary N) is 1. The van der Waals surface area contributed by atoms with Gasteiger partial charge in [0.1, 0.15) is 0 Å². The van der Waals surface area contributed by atoms with E-state index in [1.54, 1.807) is 19.1 Å². The second kappa shape index (κ2) is 10.6. The van der Waals surface area contributed by atoms with Gasteiger partial charge in [-0.05, 0) is 69.0 Å². The van der Waals surface area contributed by atoms with Gasteiger partial charge in [-0.15, -0.1) is 0 Å². The lowest BCUT2D eigenvalue weighted by molar-refractivity contribution is 0.101. The molecule has 34 heavy (non-hydrogen) atoms. The van der Waals surface area contributed by atoms with Crippen LogP contribution in [0.3, 0.4) is 0 Å². The molecule has 9 N–H and O–H groups in total. The molecule has 2 saturated heterocycles. The van der Waals surface area contributed by atoms with Crippen LogP contribution in [-0.2, 0) is 0 Å². The van der Waals surface area contributed by atoms with Crippen molar-refractivity contribution in [3.8, 4) is 0 Å². The van der Waals surface area contributed by atoms with Gasteiger partial charge >= 0.3 is 0 Å². The number of carbonyl (C=O) groups excluding carboxylic acids is 1. The summed E-state index contributed by atoms with van der Waals surface area (Å²) >= 11 is 0. The molecule has 0 bridgehead atoms. The molecule has 2 aliphatic heterocycles. The second-order valence-electron chi connectivity index (χ2n) is 9.52. The van der Waals surface area contributed by atoms with Crippen LogP contribution in [-0.4, -0.2) is 72.1 Å². The van der Waals surface area contributed by atoms with Crippen molar-refractivity contribution in [3.63, 3.8) is 0 Å². The van der Waals surface area contributed by atoms with Gasteiger partial charge in [0, 0.05) is 49.5 Å². The summed E-state index contributed by atoms with van der Waals surface area (Å²) in [6, 6.07) is 7.14. The molecule has 2 aromatic rings. The van der Waals surface area contributed by atoms with Crippen molar-refractivity contribution in [2.24, 2.45) is 34.8 Å². The maximum absolute atomic E-state index is 11.6. The van der Waals surface area contributed by atoms with Crippen molar-refractivity contribution in [2.75, 3.05) is 54.4 Å². The van der Waals surface area contributed by atoms with E-state index < -0.39 is 0 Å². The number of rotatable bonds is 7. The minimum absolute atomic E-state index is 0.0167. The Kier molecular flexibility index (Phi) is 7.57. The van der Waals surface area contributed by atoms with Crippen LogP contribution in [0.4, 0.5) is 23.5 Å². The fourth-order valence-corrected chi connectivity index (χ4v) is 4.78. The zero-order chi connectivity index (χ0) is 24.2. The van der Waals surface area contributed by atoms with Crippen molar-refractivity contribution in [1.82, 2.24) is 15.0 Å². The summed E-state index contributed by atoms with van der Waals surface area (Å²) in [6.45, 7) is 5.51. The highest BCUT2D eigenvalue weighted by Gasteiger charge is 2.30. The number of nitrogens with two attached hydrogens (primary N) is 4. The fraction of sp³-hybridized carbons (Fsp3) is 0.565. The summed E-state index contributed by atoms with van der Waals surface area (Å²) in [4.78, 5) is 30.0. The van der Waals surface area contributed by atoms with Gasteiger partial charge in [-0.3, -0.25) is 4.79 Å². The number of anilines is 4. The Labute approximate surface area is 200 Å². The van der Waals surface area contributed by atoms with Crippen LogP contribution < -0.4 is 38.1 Å². The van der Waals surface area contributed by atoms with Gasteiger partial charge in [0.25, 0.3) is 0 Å². The van der Waals surface area contributed by atoms with Crippen LogP contribution in [0.15, 0.2) is 24.3 Å². The van der Waals surface area contributed by atoms with E-state index in [0.29, 0.717) is 61.4 Å². The van der Waals surface area contributed by atoms with Crippen molar-refractivity contribution < 1.29 is 4.79 Å². The van der Waals surface area contributed by atoms with Crippen molar-refractivity contribution in [3.05, 3.63) is 29.8 Å². The maximum atomic E-state index is 11.6. The number of hydrogen-bond donors (Lipinski definition) is 5. The first-order valence-electron chi connectivity index (χ1n) is 11.9. The van der Waals surface area contributed by atoms with E-state index in [9.17, 15) is 4.79 Å². The topological polar surface area (TPSA) is 178 Å². The molecule has 11 heteroatoms. The van der Waals surface area contributed by atoms with Crippen LogP contribution in [0.2, 0.25) is 0 Å². The Balaban J connectivity index is 1.66. The Bertz CT molecular complexity index is 962. The van der Waals surface area contributed by atoms with Gasteiger partial charge in [-0.1, -0.05) is 0 Å². The zero-order valence-electron chi connectivity index (χ0n) is 19.7. The van der Waals surface area contributed by atoms with Crippen molar-refractivity contribution >= 4 is 29.3 Å². The molecule has 2 fully saturated rings. The van der Waals surface area contributed by atoms with Gasteiger partial charge in [-0.25, -0.2) is 0 Å². The molecule has 0 aliphatic carbocycles. The van der Waals surface area contributed by atoms with Crippen LogP contribution in [0.1, 0.15) is 30.1 Å². The molecular weight excluding hydrogens is 432 g/mol. The summed E-state index contributed by atoms with van der Waals surface area (Å²) < 4.78 is 0. The molecule has 0 unspecified atom stereocenters. The lowest BCUT2D eigenvalue weighted by Gasteiger charge is -2.38. The monoisotopic (exact) mass is 468 g/mol. The summed E-state index contributed by atoms with van der Waals surface area (Å²) in [7, 11) is 0. The Morgan fingerprint density at radius 2 is 1.41 bits per heavy atom. The third-order valence-electron chi connectivity index (χ3n) is 6.53. The van der Waals surface area contributed by atoms with Crippen LogP contribution in [0, 0.1) is 11.8 Å². The molecule has 3 heterocycles. The number of ketones is 1. The smallest absolute Gasteiger partial charge is 0.233 e. The number of benzene rings is 1. The van der Waals surface area contributed by atoms with E-state index in [0.717, 1.165) is 31.6 Å². The highest BCUT2D eigenvalue weighted by molar-refractivity contribution is 5.94. The van der Waals surface area contributed by atoms with Crippen molar-refractivity contribution in [2.45, 2.75) is 31.8 Å². The predicted octanol–water partition coefficient (Wildman–Crippen LogP) is 0.0424. The lowest BCUT2D eigenvalue weighted by atomic mass is 9.89. The molecule has 0 amide bonds. The van der Waals surface area contributed by atoms with Gasteiger partial charge < -0.3 is 38.1 Å². The molecular formula is C23H36N10O. The number of piperidine rings is 2. The molecule has 11 nitrogen and oxygen atoms in total. The van der Waals surface area contributed by atoms with Gasteiger partial charge in [-0.2, -0.15) is 15.0 Å². The average Bonchev–Trinajstić information content (AvgIpc) is 2.83. The second-order valence-corrected chi connectivity index (χ2v) is 9.52. The summed E-state index contributed by atoms with van der Waals surface area (Å²) in [6.07, 6.45) is 1.77. The maximum Gasteiger partial charge on any atom is 0.233 e. The third kappa shape index (κ3) is 5.79. The zero-order valence-corrected chi connectivity index (χ0v) is 19.7. The molecule has 1 aromatic carbocycles. The molecule has 4 atom stereocenters. The molecule has 0 radical (unpaired) electrons. The summed E-state index contributed by atoms with van der Waals surface area (Å²) in [5.41, 5.74) is 25.9. The first-order valence-corrected chi connectivity index (χ1v) is 11.9. The SMILES string of the molecule is CC(=O)c1ccc(Nc2nc(N3C[C@H](N)C[C@H](N)C3)nc(N3C[C@H](CN)C[C@H](CN)C3)n2)cc1. The minimum atomic E-state index is -0.0438. The number of nitrogens with zero attached hydrogens (tertiary/aromatic N) is 5. The fourth-order valence-electron chi connectivity index (χ4n) is 4.78. The lowest BCUT2D eigenvalue weighted by Crippen LogP contribution is -2.53. The van der Waals surface area contributed by atoms with E-state index in [2.05, 4.69) is 10.2 Å². The third-order valence-corrected chi connectivity index (χ3v) is 6.53. The van der Waals surface area contributed by atoms with Crippen LogP contribution >= 0.6 is 0 Å². The number of carbonyl (C=O) groups is 1. The quantitative estimate of drug-likeness (QED) is 0.346. The van der Waals surface area contributed by atoms with E-state index in [1.165, 1.54) is 0 Å². The standard InChI is InChI=1S/C23H36N10O/c1-14(34)17-2-4-20(5-3-17)28-21-29-22(32-10-15(8-24)6-16(9-25)11-32)31-23(30-21)33-12-18(26)7-19(27)13-33/h2-5,15-16,18-19H,6-13,24-27H2,1H3,(H,28,29,30,31)/t15-,16+,18-,19+. The highest BCUT2D eigenvalue weighted by atomic mass is 16.1. The van der Waals surface area contributed by atoms with Gasteiger partial charge in [0.15, 0.2) is 5.78 Å². The van der Waals surface area contributed by atoms with Crippen LogP contribution in [0.25, 0.3) is 0 Å². The number of hydrogen-bond acceptors (Lipinski definition) is 11. The minimum Gasteiger partial charge on any atom is -0.340 e. The van der Waals surface area contributed by atoms with Gasteiger partial charge in [0.05, 0.1) is 0 Å². The molecule has 0 saturated carbocycles. The van der Waals surface area contributed by atoms with Crippen LogP contribution in [0.5, 0.6) is 0 Å². The Morgan fingerprint density at radius 1 is 0.882 bits per heavy atom. The number of Topliss-reactive ketones (excluding diaryl/α,β-unsaturated/α-hetero) is 1. The summed E-state index contributed by atoms with van der Waals surface area (Å²) in [5.74, 6) is 2.21. The Morgan fingerprint density at radius 3 is 1.91 bits per heavy atom. The molecule has 0 spiro atoms. The molecule has 1 aromatic heterocycles. The average molecular weight is 469 g/mol. The normalized spacial score (nSPS) is 25.3. The molecule has 4 rings (SSSR count). The Hall–Kier alpha value is -2.86. The van der Waals surface area contributed by atoms with Crippen molar-refractivity contribution in [1.29, 1.82) is 0 Å². The molecule has 2 aliphatic rings. The molecule has 184 valence electrons. The van der Waals surface area contributed by atoms with E-state index in [-0.39, 0.29) is 17.9 Å². The summed E-state index contributed by atoms with van der Waals surface area (Å²) in [5, 5.41) is 3.26. The first-order chi connectivity index (χ1) is 16.3. The predicted molar refractivity (Wildman–Crippen MR) is 134 cm³/mol. The van der Waals surface area contributed by atoms with E-state index >= 15 is 0 Å². The first kappa shape index (κ1) is 24.3. The largest absolute Gasteiger partial charge is 0.340 e. The van der Waals surface area contributed by atoms with E-state index in [1.807, 2.05) is 17.0 Å². The highest BCUT2D eigenvalue weighted by Crippen LogP contribution is 2.27. The van der Waals surface area contributed by atoms with Gasteiger partial charge in [0.2, 0.25) is 17.8 Å². The van der Waals surface area contributed by atoms with E-state index in [4.69, 9.17) is 37.9 Å². The number of aromatic nitrogens is 3.